The molecule has 2 N–H and O–H groups in total. The van der Waals surface area contributed by atoms with Crippen LogP contribution in [0.4, 0.5) is 17.6 Å². The average Bonchev–Trinajstić information content (AvgIpc) is 3.91. The molecule has 8 rings (SSSR count). The number of nitrogens with zero attached hydrogens (tertiary/aromatic N) is 7. The molecule has 3 aliphatic heterocycles. The number of ether oxygens (including phenoxy) is 4. The third kappa shape index (κ3) is 8.14. The lowest BCUT2D eigenvalue weighted by atomic mass is 9.96. The first-order valence-corrected chi connectivity index (χ1v) is 16.9. The lowest BCUT2D eigenvalue weighted by molar-refractivity contribution is -0.141. The molecule has 2 saturated carbocycles. The number of carbonyl (C=O) groups excluding carboxylic acids is 1. The van der Waals surface area contributed by atoms with Gasteiger partial charge in [-0.15, -0.1) is 0 Å². The molecule has 250 valence electrons. The van der Waals surface area contributed by atoms with Gasteiger partial charge in [0.25, 0.3) is 0 Å². The Balaban J connectivity index is 0.000000167. The molecule has 0 radical (unpaired) electrons. The largest absolute Gasteiger partial charge is 0.490 e. The first-order valence-electron chi connectivity index (χ1n) is 16.5. The fourth-order valence-corrected chi connectivity index (χ4v) is 5.96. The average molecular weight is 665 g/mol. The zero-order chi connectivity index (χ0) is 32.2. The molecule has 0 aromatic carbocycles. The Labute approximate surface area is 279 Å². The molecular formula is C33H41ClN8O5. The lowest BCUT2D eigenvalue weighted by Gasteiger charge is -2.39. The van der Waals surface area contributed by atoms with Crippen LogP contribution in [0.25, 0.3) is 11.3 Å². The van der Waals surface area contributed by atoms with Crippen molar-refractivity contribution in [2.24, 2.45) is 5.92 Å². The molecule has 0 bridgehead atoms. The van der Waals surface area contributed by atoms with Crippen molar-refractivity contribution in [3.63, 3.8) is 0 Å². The van der Waals surface area contributed by atoms with Gasteiger partial charge in [-0.2, -0.15) is 0 Å². The number of aromatic nitrogens is 4. The molecule has 6 heterocycles. The second kappa shape index (κ2) is 14.4. The summed E-state index contributed by atoms with van der Waals surface area (Å²) >= 11 is 6.06. The van der Waals surface area contributed by atoms with Gasteiger partial charge in [-0.05, 0) is 32.1 Å². The summed E-state index contributed by atoms with van der Waals surface area (Å²) in [5.74, 6) is 4.04. The highest BCUT2D eigenvalue weighted by atomic mass is 35.5. The summed E-state index contributed by atoms with van der Waals surface area (Å²) in [4.78, 5) is 35.7. The third-order valence-electron chi connectivity index (χ3n) is 8.92. The minimum Gasteiger partial charge on any atom is -0.490 e. The number of nitrogen functional groups attached to an aromatic ring is 1. The zero-order valence-electron chi connectivity index (χ0n) is 26.4. The lowest BCUT2D eigenvalue weighted by Crippen LogP contribution is -2.56. The molecule has 0 atom stereocenters. The van der Waals surface area contributed by atoms with E-state index in [1.54, 1.807) is 18.5 Å². The number of hydrogen-bond donors (Lipinski definition) is 1. The van der Waals surface area contributed by atoms with Crippen LogP contribution in [0.1, 0.15) is 32.1 Å². The highest BCUT2D eigenvalue weighted by Crippen LogP contribution is 2.34. The van der Waals surface area contributed by atoms with Gasteiger partial charge in [0.05, 0.1) is 51.3 Å². The number of nitrogens with two attached hydrogens (primary N) is 1. The molecule has 5 aliphatic rings. The predicted molar refractivity (Wildman–Crippen MR) is 177 cm³/mol. The standard InChI is InChI=1S/C20H24N6O3.C13H17ClN2O2/c21-20-22-9-14(10-23-20)17-7-15(8-18(24-17)25-3-5-28-6-4-25)29-16-11-26(12-16)19(27)13-1-2-13;14-12-8-11(18-10-2-1-3-10)9-13(15-12)16-4-6-17-7-5-16/h7-10,13,16H,1-6,11-12H2,(H2,21,22,23);8-10H,1-7H2. The smallest absolute Gasteiger partial charge is 0.225 e. The number of carbonyl (C=O) groups is 1. The van der Waals surface area contributed by atoms with Crippen molar-refractivity contribution in [2.45, 2.75) is 44.3 Å². The van der Waals surface area contributed by atoms with Gasteiger partial charge in [-0.3, -0.25) is 4.79 Å². The first kappa shape index (κ1) is 31.6. The van der Waals surface area contributed by atoms with Crippen LogP contribution in [-0.2, 0) is 14.3 Å². The van der Waals surface area contributed by atoms with Crippen LogP contribution < -0.4 is 25.0 Å². The van der Waals surface area contributed by atoms with Crippen LogP contribution in [0.2, 0.25) is 5.15 Å². The highest BCUT2D eigenvalue weighted by molar-refractivity contribution is 6.29. The Morgan fingerprint density at radius 2 is 1.36 bits per heavy atom. The summed E-state index contributed by atoms with van der Waals surface area (Å²) in [6.45, 7) is 7.40. The van der Waals surface area contributed by atoms with E-state index in [9.17, 15) is 4.79 Å². The number of rotatable bonds is 8. The summed E-state index contributed by atoms with van der Waals surface area (Å²) in [7, 11) is 0. The van der Waals surface area contributed by atoms with Crippen molar-refractivity contribution >= 4 is 35.1 Å². The van der Waals surface area contributed by atoms with E-state index in [-0.39, 0.29) is 23.9 Å². The van der Waals surface area contributed by atoms with Crippen LogP contribution in [0, 0.1) is 5.92 Å². The molecule has 3 saturated heterocycles. The number of amides is 1. The van der Waals surface area contributed by atoms with Crippen LogP contribution in [0.15, 0.2) is 36.7 Å². The quantitative estimate of drug-likeness (QED) is 0.353. The molecule has 1 amide bonds. The van der Waals surface area contributed by atoms with Gasteiger partial charge >= 0.3 is 0 Å². The highest BCUT2D eigenvalue weighted by Gasteiger charge is 2.40. The summed E-state index contributed by atoms with van der Waals surface area (Å²) in [5.41, 5.74) is 7.12. The van der Waals surface area contributed by atoms with Crippen LogP contribution in [-0.4, -0.2) is 109 Å². The zero-order valence-corrected chi connectivity index (χ0v) is 27.2. The van der Waals surface area contributed by atoms with Gasteiger partial charge < -0.3 is 39.4 Å². The topological polar surface area (TPSA) is 141 Å². The SMILES string of the molecule is Clc1cc(OC2CCC2)cc(N2CCOCC2)n1.Nc1ncc(-c2cc(OC3CN(C(=O)C4CC4)C3)cc(N3CCOCC3)n2)cn1. The van der Waals surface area contributed by atoms with E-state index in [2.05, 4.69) is 24.8 Å². The third-order valence-corrected chi connectivity index (χ3v) is 9.11. The summed E-state index contributed by atoms with van der Waals surface area (Å²) in [6, 6.07) is 7.63. The Bertz CT molecular complexity index is 1520. The van der Waals surface area contributed by atoms with Crippen LogP contribution in [0.5, 0.6) is 11.5 Å². The van der Waals surface area contributed by atoms with Gasteiger partial charge in [-0.25, -0.2) is 19.9 Å². The van der Waals surface area contributed by atoms with Gasteiger partial charge in [0.15, 0.2) is 0 Å². The van der Waals surface area contributed by atoms with Crippen molar-refractivity contribution in [2.75, 3.05) is 81.2 Å². The number of halogens is 1. The van der Waals surface area contributed by atoms with Crippen molar-refractivity contribution < 1.29 is 23.7 Å². The summed E-state index contributed by atoms with van der Waals surface area (Å²) in [6.07, 6.45) is 9.31. The van der Waals surface area contributed by atoms with Crippen LogP contribution >= 0.6 is 11.6 Å². The van der Waals surface area contributed by atoms with Gasteiger partial charge in [-0.1, -0.05) is 11.6 Å². The molecule has 47 heavy (non-hydrogen) atoms. The number of hydrogen-bond acceptors (Lipinski definition) is 12. The maximum absolute atomic E-state index is 12.1. The summed E-state index contributed by atoms with van der Waals surface area (Å²) in [5, 5.41) is 0.494. The molecule has 2 aliphatic carbocycles. The van der Waals surface area contributed by atoms with Crippen molar-refractivity contribution in [3.8, 4) is 22.8 Å². The van der Waals surface area contributed by atoms with Crippen LogP contribution in [0.3, 0.4) is 0 Å². The first-order chi connectivity index (χ1) is 23.0. The van der Waals surface area contributed by atoms with Gasteiger partial charge in [0.2, 0.25) is 11.9 Å². The number of pyridine rings is 2. The fraction of sp³-hybridized carbons (Fsp3) is 0.545. The second-order valence-electron chi connectivity index (χ2n) is 12.5. The van der Waals surface area contributed by atoms with E-state index < -0.39 is 0 Å². The number of anilines is 3. The van der Waals surface area contributed by atoms with Crippen molar-refractivity contribution in [1.82, 2.24) is 24.8 Å². The molecule has 13 nitrogen and oxygen atoms in total. The predicted octanol–water partition coefficient (Wildman–Crippen LogP) is 3.46. The normalized spacial score (nSPS) is 20.1. The molecule has 0 unspecified atom stereocenters. The Morgan fingerprint density at radius 1 is 0.787 bits per heavy atom. The molecule has 14 heteroatoms. The Morgan fingerprint density at radius 3 is 1.94 bits per heavy atom. The van der Waals surface area contributed by atoms with E-state index in [0.29, 0.717) is 37.6 Å². The molecular weight excluding hydrogens is 624 g/mol. The number of morpholine rings is 2. The maximum atomic E-state index is 12.1. The Hall–Kier alpha value is -3.94. The van der Waals surface area contributed by atoms with Gasteiger partial charge in [0.1, 0.15) is 34.4 Å². The minimum atomic E-state index is 0.00755. The van der Waals surface area contributed by atoms with Gasteiger partial charge in [0, 0.05) is 74.3 Å². The molecule has 0 spiro atoms. The van der Waals surface area contributed by atoms with E-state index in [0.717, 1.165) is 99.5 Å². The second-order valence-corrected chi connectivity index (χ2v) is 12.9. The van der Waals surface area contributed by atoms with E-state index >= 15 is 0 Å². The van der Waals surface area contributed by atoms with E-state index in [1.807, 2.05) is 23.1 Å². The monoisotopic (exact) mass is 664 g/mol. The van der Waals surface area contributed by atoms with Crippen molar-refractivity contribution in [3.05, 3.63) is 41.8 Å². The minimum absolute atomic E-state index is 0.00755. The summed E-state index contributed by atoms with van der Waals surface area (Å²) < 4.78 is 22.9. The number of likely N-dealkylation sites (tertiary alicyclic amines) is 1. The molecule has 5 fully saturated rings. The fourth-order valence-electron chi connectivity index (χ4n) is 5.77. The molecule has 3 aromatic heterocycles. The van der Waals surface area contributed by atoms with Crippen molar-refractivity contribution in [1.29, 1.82) is 0 Å². The maximum Gasteiger partial charge on any atom is 0.225 e. The Kier molecular flexibility index (Phi) is 9.73. The molecule has 3 aromatic rings. The van der Waals surface area contributed by atoms with E-state index in [1.165, 1.54) is 6.42 Å². The van der Waals surface area contributed by atoms with E-state index in [4.69, 9.17) is 41.3 Å².